The maximum Gasteiger partial charge on any atom is 0.508 e. The summed E-state index contributed by atoms with van der Waals surface area (Å²) in [6, 6.07) is 0. The molecule has 0 aliphatic rings. The Hall–Kier alpha value is -0.240. The summed E-state index contributed by atoms with van der Waals surface area (Å²) in [6.07, 6.45) is 1.31. The zero-order valence-corrected chi connectivity index (χ0v) is 7.77. The molecule has 0 aromatic rings. The van der Waals surface area contributed by atoms with Crippen molar-refractivity contribution in [3.63, 3.8) is 0 Å². The van der Waals surface area contributed by atoms with Crippen LogP contribution in [0.5, 0.6) is 0 Å². The van der Waals surface area contributed by atoms with E-state index in [0.29, 0.717) is 19.3 Å². The van der Waals surface area contributed by atoms with Crippen LogP contribution in [0.3, 0.4) is 0 Å². The standard InChI is InChI=1S/C7H15NO2P/c1-7(2)6-10-11(9)5-3-4-8/h1,3-6,8H2,2H3/q+1. The van der Waals surface area contributed by atoms with E-state index in [1.807, 2.05) is 6.92 Å². The van der Waals surface area contributed by atoms with Crippen LogP contribution in [0.1, 0.15) is 13.3 Å². The molecular formula is C7H15NO2P+. The topological polar surface area (TPSA) is 52.3 Å². The minimum Gasteiger partial charge on any atom is -0.330 e. The number of rotatable bonds is 6. The van der Waals surface area contributed by atoms with Gasteiger partial charge >= 0.3 is 8.03 Å². The van der Waals surface area contributed by atoms with Gasteiger partial charge in [-0.2, -0.15) is 0 Å². The highest BCUT2D eigenvalue weighted by Crippen LogP contribution is 2.22. The molecule has 0 aromatic carbocycles. The SMILES string of the molecule is C=C(C)CO[P+](=O)CCCN. The predicted molar refractivity (Wildman–Crippen MR) is 46.9 cm³/mol. The van der Waals surface area contributed by atoms with Crippen LogP contribution in [0, 0.1) is 0 Å². The summed E-state index contributed by atoms with van der Waals surface area (Å²) >= 11 is 0. The Kier molecular flexibility index (Phi) is 6.33. The summed E-state index contributed by atoms with van der Waals surface area (Å²) in [4.78, 5) is 0. The van der Waals surface area contributed by atoms with Crippen molar-refractivity contribution >= 4 is 8.03 Å². The van der Waals surface area contributed by atoms with E-state index in [4.69, 9.17) is 10.3 Å². The van der Waals surface area contributed by atoms with Gasteiger partial charge in [0.15, 0.2) is 6.16 Å². The predicted octanol–water partition coefficient (Wildman–Crippen LogP) is 1.67. The number of hydrogen-bond donors (Lipinski definition) is 1. The van der Waals surface area contributed by atoms with Gasteiger partial charge in [0.05, 0.1) is 0 Å². The van der Waals surface area contributed by atoms with Crippen molar-refractivity contribution in [3.8, 4) is 0 Å². The zero-order valence-electron chi connectivity index (χ0n) is 6.88. The second kappa shape index (κ2) is 6.47. The molecule has 0 aromatic heterocycles. The van der Waals surface area contributed by atoms with Gasteiger partial charge in [0.1, 0.15) is 6.61 Å². The Bertz CT molecular complexity index is 147. The first-order valence-corrected chi connectivity index (χ1v) is 4.95. The lowest BCUT2D eigenvalue weighted by Crippen LogP contribution is -2.00. The highest BCUT2D eigenvalue weighted by molar-refractivity contribution is 7.39. The van der Waals surface area contributed by atoms with Crippen LogP contribution in [0.2, 0.25) is 0 Å². The van der Waals surface area contributed by atoms with E-state index >= 15 is 0 Å². The first-order chi connectivity index (χ1) is 5.16. The van der Waals surface area contributed by atoms with Crippen molar-refractivity contribution in [2.45, 2.75) is 13.3 Å². The van der Waals surface area contributed by atoms with Gasteiger partial charge in [-0.3, -0.25) is 0 Å². The highest BCUT2D eigenvalue weighted by atomic mass is 31.1. The molecule has 0 saturated carbocycles. The average molecular weight is 176 g/mol. The molecule has 0 saturated heterocycles. The third-order valence-electron chi connectivity index (χ3n) is 1.000. The van der Waals surface area contributed by atoms with E-state index in [0.717, 1.165) is 12.0 Å². The Morgan fingerprint density at radius 1 is 1.73 bits per heavy atom. The van der Waals surface area contributed by atoms with Crippen LogP contribution in [0.25, 0.3) is 0 Å². The van der Waals surface area contributed by atoms with Crippen LogP contribution in [0.4, 0.5) is 0 Å². The second-order valence-electron chi connectivity index (χ2n) is 2.43. The van der Waals surface area contributed by atoms with Gasteiger partial charge in [-0.25, -0.2) is 0 Å². The first-order valence-electron chi connectivity index (χ1n) is 3.59. The summed E-state index contributed by atoms with van der Waals surface area (Å²) < 4.78 is 15.9. The monoisotopic (exact) mass is 176 g/mol. The Morgan fingerprint density at radius 2 is 2.36 bits per heavy atom. The Labute approximate surface area is 68.5 Å². The third kappa shape index (κ3) is 7.66. The smallest absolute Gasteiger partial charge is 0.330 e. The summed E-state index contributed by atoms with van der Waals surface area (Å²) in [5, 5.41) is 0. The van der Waals surface area contributed by atoms with Gasteiger partial charge in [0.25, 0.3) is 0 Å². The van der Waals surface area contributed by atoms with E-state index in [2.05, 4.69) is 6.58 Å². The molecule has 0 aliphatic carbocycles. The molecule has 0 spiro atoms. The summed E-state index contributed by atoms with van der Waals surface area (Å²) in [5.74, 6) is 0. The molecule has 1 atom stereocenters. The van der Waals surface area contributed by atoms with Crippen LogP contribution >= 0.6 is 8.03 Å². The largest absolute Gasteiger partial charge is 0.508 e. The molecule has 1 unspecified atom stereocenters. The van der Waals surface area contributed by atoms with Crippen LogP contribution in [0.15, 0.2) is 12.2 Å². The third-order valence-corrected chi connectivity index (χ3v) is 2.10. The fraction of sp³-hybridized carbons (Fsp3) is 0.714. The fourth-order valence-electron chi connectivity index (χ4n) is 0.467. The van der Waals surface area contributed by atoms with Crippen LogP contribution < -0.4 is 5.73 Å². The van der Waals surface area contributed by atoms with Crippen molar-refractivity contribution in [1.29, 1.82) is 0 Å². The Morgan fingerprint density at radius 3 is 2.82 bits per heavy atom. The maximum absolute atomic E-state index is 10.9. The summed E-state index contributed by atoms with van der Waals surface area (Å²) in [6.45, 7) is 6.42. The molecule has 11 heavy (non-hydrogen) atoms. The highest BCUT2D eigenvalue weighted by Gasteiger charge is 2.15. The zero-order chi connectivity index (χ0) is 8.69. The minimum absolute atomic E-state index is 0.389. The lowest BCUT2D eigenvalue weighted by Gasteiger charge is -1.89. The molecule has 0 amide bonds. The molecule has 0 rings (SSSR count). The van der Waals surface area contributed by atoms with Crippen LogP contribution in [-0.2, 0) is 9.09 Å². The molecule has 0 fully saturated rings. The van der Waals surface area contributed by atoms with Crippen molar-refractivity contribution in [3.05, 3.63) is 12.2 Å². The quantitative estimate of drug-likeness (QED) is 0.494. The molecule has 0 bridgehead atoms. The molecule has 4 heteroatoms. The van der Waals surface area contributed by atoms with Crippen molar-refractivity contribution in [1.82, 2.24) is 0 Å². The molecule has 0 aliphatic heterocycles. The number of hydrogen-bond acceptors (Lipinski definition) is 3. The molecule has 0 heterocycles. The van der Waals surface area contributed by atoms with E-state index in [1.54, 1.807) is 0 Å². The fourth-order valence-corrected chi connectivity index (χ4v) is 1.40. The van der Waals surface area contributed by atoms with Crippen molar-refractivity contribution in [2.75, 3.05) is 19.3 Å². The molecule has 2 N–H and O–H groups in total. The van der Waals surface area contributed by atoms with E-state index < -0.39 is 8.03 Å². The first kappa shape index (κ1) is 10.8. The van der Waals surface area contributed by atoms with Crippen molar-refractivity contribution in [2.24, 2.45) is 5.73 Å². The maximum atomic E-state index is 10.9. The van der Waals surface area contributed by atoms with E-state index in [1.165, 1.54) is 0 Å². The van der Waals surface area contributed by atoms with Gasteiger partial charge in [-0.1, -0.05) is 12.2 Å². The van der Waals surface area contributed by atoms with Gasteiger partial charge in [-0.15, -0.1) is 4.52 Å². The van der Waals surface area contributed by atoms with Crippen molar-refractivity contribution < 1.29 is 9.09 Å². The summed E-state index contributed by atoms with van der Waals surface area (Å²) in [5.41, 5.74) is 6.12. The van der Waals surface area contributed by atoms with Crippen LogP contribution in [-0.4, -0.2) is 19.3 Å². The van der Waals surface area contributed by atoms with Gasteiger partial charge in [0, 0.05) is 6.42 Å². The molecule has 3 nitrogen and oxygen atoms in total. The van der Waals surface area contributed by atoms with Gasteiger partial charge in [-0.05, 0) is 18.0 Å². The second-order valence-corrected chi connectivity index (χ2v) is 3.80. The lowest BCUT2D eigenvalue weighted by molar-refractivity contribution is 0.361. The van der Waals surface area contributed by atoms with E-state index in [-0.39, 0.29) is 0 Å². The Balaban J connectivity index is 3.30. The van der Waals surface area contributed by atoms with Gasteiger partial charge in [0.2, 0.25) is 0 Å². The minimum atomic E-state index is -1.51. The lowest BCUT2D eigenvalue weighted by atomic mass is 10.4. The number of nitrogens with two attached hydrogens (primary N) is 1. The van der Waals surface area contributed by atoms with E-state index in [9.17, 15) is 4.57 Å². The average Bonchev–Trinajstić information content (AvgIpc) is 1.97. The molecule has 0 radical (unpaired) electrons. The van der Waals surface area contributed by atoms with Gasteiger partial charge < -0.3 is 5.73 Å². The summed E-state index contributed by atoms with van der Waals surface area (Å²) in [7, 11) is -1.51. The molecular weight excluding hydrogens is 161 g/mol. The normalized spacial score (nSPS) is 11.3. The molecule has 64 valence electrons.